The van der Waals surface area contributed by atoms with E-state index in [0.29, 0.717) is 12.2 Å². The zero-order valence-corrected chi connectivity index (χ0v) is 12.8. The molecular weight excluding hydrogens is 262 g/mol. The minimum absolute atomic E-state index is 0.669. The summed E-state index contributed by atoms with van der Waals surface area (Å²) in [5, 5.41) is 12.2. The maximum Gasteiger partial charge on any atom is 0.119 e. The van der Waals surface area contributed by atoms with Crippen LogP contribution < -0.4 is 10.1 Å². The van der Waals surface area contributed by atoms with Crippen molar-refractivity contribution in [3.63, 3.8) is 0 Å². The third kappa shape index (κ3) is 5.37. The third-order valence-electron chi connectivity index (χ3n) is 4.02. The highest BCUT2D eigenvalue weighted by Gasteiger charge is 2.15. The standard InChI is InChI=1S/C17H25N3O/c1-2-20(14-16-4-3-9-19-13-16)10-11-21-17-7-5-15(12-18)6-8-17/h5-8,16,19H,2-4,9-11,13-14H2,1H3. The van der Waals surface area contributed by atoms with Crippen LogP contribution >= 0.6 is 0 Å². The summed E-state index contributed by atoms with van der Waals surface area (Å²) in [6.45, 7) is 8.38. The number of nitrogens with one attached hydrogen (secondary N) is 1. The molecule has 1 aliphatic rings. The van der Waals surface area contributed by atoms with Crippen LogP contribution in [-0.2, 0) is 0 Å². The summed E-state index contributed by atoms with van der Waals surface area (Å²) < 4.78 is 5.76. The molecule has 1 heterocycles. The van der Waals surface area contributed by atoms with Crippen molar-refractivity contribution in [2.75, 3.05) is 39.3 Å². The van der Waals surface area contributed by atoms with Gasteiger partial charge in [-0.15, -0.1) is 0 Å². The van der Waals surface area contributed by atoms with E-state index in [-0.39, 0.29) is 0 Å². The van der Waals surface area contributed by atoms with Crippen molar-refractivity contribution in [2.24, 2.45) is 5.92 Å². The number of piperidine rings is 1. The lowest BCUT2D eigenvalue weighted by atomic mass is 9.99. The number of likely N-dealkylation sites (N-methyl/N-ethyl adjacent to an activating group) is 1. The molecule has 1 unspecified atom stereocenters. The summed E-state index contributed by atoms with van der Waals surface area (Å²) in [6, 6.07) is 9.42. The van der Waals surface area contributed by atoms with E-state index in [1.54, 1.807) is 12.1 Å². The van der Waals surface area contributed by atoms with Crippen LogP contribution in [0.2, 0.25) is 0 Å². The monoisotopic (exact) mass is 287 g/mol. The lowest BCUT2D eigenvalue weighted by molar-refractivity contribution is 0.179. The van der Waals surface area contributed by atoms with Crippen LogP contribution in [0.15, 0.2) is 24.3 Å². The van der Waals surface area contributed by atoms with Gasteiger partial charge < -0.3 is 10.1 Å². The highest BCUT2D eigenvalue weighted by molar-refractivity contribution is 5.34. The molecule has 0 bridgehead atoms. The molecule has 1 fully saturated rings. The molecule has 1 N–H and O–H groups in total. The minimum Gasteiger partial charge on any atom is -0.492 e. The van der Waals surface area contributed by atoms with Crippen molar-refractivity contribution in [2.45, 2.75) is 19.8 Å². The number of hydrogen-bond donors (Lipinski definition) is 1. The molecule has 114 valence electrons. The molecule has 21 heavy (non-hydrogen) atoms. The zero-order valence-electron chi connectivity index (χ0n) is 12.8. The Balaban J connectivity index is 1.70. The Hall–Kier alpha value is -1.57. The fourth-order valence-corrected chi connectivity index (χ4v) is 2.74. The van der Waals surface area contributed by atoms with E-state index in [4.69, 9.17) is 10.00 Å². The van der Waals surface area contributed by atoms with Gasteiger partial charge in [-0.1, -0.05) is 6.92 Å². The summed E-state index contributed by atoms with van der Waals surface area (Å²) in [5.74, 6) is 1.61. The number of rotatable bonds is 7. The quantitative estimate of drug-likeness (QED) is 0.835. The number of nitrogens with zero attached hydrogens (tertiary/aromatic N) is 2. The molecule has 0 aromatic heterocycles. The molecule has 0 amide bonds. The van der Waals surface area contributed by atoms with Crippen LogP contribution in [0.5, 0.6) is 5.75 Å². The molecule has 2 rings (SSSR count). The molecule has 1 saturated heterocycles. The molecule has 1 aromatic carbocycles. The second kappa shape index (κ2) is 8.66. The van der Waals surface area contributed by atoms with Crippen LogP contribution in [-0.4, -0.2) is 44.2 Å². The number of nitriles is 1. The summed E-state index contributed by atoms with van der Waals surface area (Å²) in [4.78, 5) is 2.46. The first-order valence-corrected chi connectivity index (χ1v) is 7.88. The SMILES string of the molecule is CCN(CCOc1ccc(C#N)cc1)CC1CCCNC1. The molecule has 1 atom stereocenters. The topological polar surface area (TPSA) is 48.3 Å². The molecule has 4 nitrogen and oxygen atoms in total. The molecule has 1 aliphatic heterocycles. The summed E-state index contributed by atoms with van der Waals surface area (Å²) >= 11 is 0. The third-order valence-corrected chi connectivity index (χ3v) is 4.02. The van der Waals surface area contributed by atoms with E-state index in [1.807, 2.05) is 12.1 Å². The average molecular weight is 287 g/mol. The number of ether oxygens (including phenoxy) is 1. The van der Waals surface area contributed by atoms with Gasteiger partial charge in [0, 0.05) is 13.1 Å². The van der Waals surface area contributed by atoms with Crippen molar-refractivity contribution in [1.82, 2.24) is 10.2 Å². The van der Waals surface area contributed by atoms with Gasteiger partial charge in [-0.2, -0.15) is 5.26 Å². The van der Waals surface area contributed by atoms with Gasteiger partial charge in [0.05, 0.1) is 11.6 Å². The summed E-state index contributed by atoms with van der Waals surface area (Å²) in [5.41, 5.74) is 0.669. The van der Waals surface area contributed by atoms with E-state index in [0.717, 1.165) is 37.8 Å². The summed E-state index contributed by atoms with van der Waals surface area (Å²) in [7, 11) is 0. The first-order chi connectivity index (χ1) is 10.3. The van der Waals surface area contributed by atoms with Crippen LogP contribution in [0.3, 0.4) is 0 Å². The highest BCUT2D eigenvalue weighted by atomic mass is 16.5. The Morgan fingerprint density at radius 1 is 1.38 bits per heavy atom. The van der Waals surface area contributed by atoms with Crippen LogP contribution in [0.4, 0.5) is 0 Å². The second-order valence-electron chi connectivity index (χ2n) is 5.59. The van der Waals surface area contributed by atoms with Gasteiger partial charge in [-0.3, -0.25) is 4.90 Å². The van der Waals surface area contributed by atoms with Crippen molar-refractivity contribution in [3.8, 4) is 11.8 Å². The normalized spacial score (nSPS) is 18.4. The average Bonchev–Trinajstić information content (AvgIpc) is 2.55. The predicted octanol–water partition coefficient (Wildman–Crippen LogP) is 2.26. The fraction of sp³-hybridized carbons (Fsp3) is 0.588. The van der Waals surface area contributed by atoms with Crippen LogP contribution in [0.1, 0.15) is 25.3 Å². The molecule has 4 heteroatoms. The van der Waals surface area contributed by atoms with Crippen LogP contribution in [0.25, 0.3) is 0 Å². The van der Waals surface area contributed by atoms with Crippen LogP contribution in [0, 0.1) is 17.2 Å². The first-order valence-electron chi connectivity index (χ1n) is 7.88. The Kier molecular flexibility index (Phi) is 6.52. The van der Waals surface area contributed by atoms with E-state index in [9.17, 15) is 0 Å². The van der Waals surface area contributed by atoms with E-state index in [1.165, 1.54) is 19.4 Å². The van der Waals surface area contributed by atoms with Gasteiger partial charge in [-0.25, -0.2) is 0 Å². The first kappa shape index (κ1) is 15.8. The largest absolute Gasteiger partial charge is 0.492 e. The highest BCUT2D eigenvalue weighted by Crippen LogP contribution is 2.13. The maximum atomic E-state index is 8.76. The number of benzene rings is 1. The van der Waals surface area contributed by atoms with E-state index < -0.39 is 0 Å². The Morgan fingerprint density at radius 3 is 2.81 bits per heavy atom. The van der Waals surface area contributed by atoms with Gasteiger partial charge in [0.25, 0.3) is 0 Å². The van der Waals surface area contributed by atoms with Gasteiger partial charge in [0.15, 0.2) is 0 Å². The number of hydrogen-bond acceptors (Lipinski definition) is 4. The summed E-state index contributed by atoms with van der Waals surface area (Å²) in [6.07, 6.45) is 2.63. The Bertz CT molecular complexity index is 446. The van der Waals surface area contributed by atoms with E-state index in [2.05, 4.69) is 23.2 Å². The minimum atomic E-state index is 0.669. The van der Waals surface area contributed by atoms with Crippen molar-refractivity contribution >= 4 is 0 Å². The van der Waals surface area contributed by atoms with E-state index >= 15 is 0 Å². The molecule has 0 radical (unpaired) electrons. The van der Waals surface area contributed by atoms with Gasteiger partial charge in [0.1, 0.15) is 12.4 Å². The second-order valence-corrected chi connectivity index (χ2v) is 5.59. The molecular formula is C17H25N3O. The lowest BCUT2D eigenvalue weighted by Crippen LogP contribution is -2.39. The van der Waals surface area contributed by atoms with Crippen molar-refractivity contribution in [3.05, 3.63) is 29.8 Å². The predicted molar refractivity (Wildman–Crippen MR) is 84.4 cm³/mol. The zero-order chi connectivity index (χ0) is 14.9. The Labute approximate surface area is 127 Å². The molecule has 0 spiro atoms. The van der Waals surface area contributed by atoms with Gasteiger partial charge >= 0.3 is 0 Å². The van der Waals surface area contributed by atoms with Gasteiger partial charge in [0.2, 0.25) is 0 Å². The molecule has 0 aliphatic carbocycles. The Morgan fingerprint density at radius 2 is 2.19 bits per heavy atom. The van der Waals surface area contributed by atoms with Gasteiger partial charge in [-0.05, 0) is 62.7 Å². The smallest absolute Gasteiger partial charge is 0.119 e. The van der Waals surface area contributed by atoms with Crippen molar-refractivity contribution < 1.29 is 4.74 Å². The molecule has 1 aromatic rings. The van der Waals surface area contributed by atoms with Crippen molar-refractivity contribution in [1.29, 1.82) is 5.26 Å². The fourth-order valence-electron chi connectivity index (χ4n) is 2.74. The molecule has 0 saturated carbocycles. The maximum absolute atomic E-state index is 8.76. The lowest BCUT2D eigenvalue weighted by Gasteiger charge is -2.29.